The summed E-state index contributed by atoms with van der Waals surface area (Å²) in [5.74, 6) is 1.97. The largest absolute Gasteiger partial charge is 0.324 e. The second kappa shape index (κ2) is 17.7. The molecule has 0 amide bonds. The van der Waals surface area contributed by atoms with Crippen molar-refractivity contribution in [1.82, 2.24) is 19.1 Å². The first-order valence-corrected chi connectivity index (χ1v) is 25.8. The van der Waals surface area contributed by atoms with Crippen LogP contribution in [0.25, 0.3) is 144 Å². The van der Waals surface area contributed by atoms with Gasteiger partial charge in [0.05, 0.1) is 22.1 Å². The highest BCUT2D eigenvalue weighted by Crippen LogP contribution is 2.47. The van der Waals surface area contributed by atoms with E-state index in [4.69, 9.17) is 9.97 Å². The summed E-state index contributed by atoms with van der Waals surface area (Å²) in [5.41, 5.74) is 18.2. The lowest BCUT2D eigenvalue weighted by Gasteiger charge is -2.19. The molecular weight excluding hydrogens is 897 g/mol. The fourth-order valence-corrected chi connectivity index (χ4v) is 11.9. The van der Waals surface area contributed by atoms with E-state index >= 15 is 0 Å². The monoisotopic (exact) mass is 946 g/mol. The SMILES string of the molecule is CCn1c(-c2ccccc2)nc2c(-c3cc(-c4cccc5c(-c6ccccc6)c6cccc(-c7cc(-c8cccc9c8nc(-c8ccccc8)n9CC)c8ccccc8c7)c6cc45)cc4ccccc34)cccc21. The number of hydrogen-bond donors (Lipinski definition) is 0. The molecule has 14 rings (SSSR count). The predicted octanol–water partition coefficient (Wildman–Crippen LogP) is 18.7. The molecule has 14 aromatic rings. The molecule has 0 aliphatic heterocycles. The van der Waals surface area contributed by atoms with Gasteiger partial charge in [-0.1, -0.05) is 200 Å². The molecule has 2 heterocycles. The van der Waals surface area contributed by atoms with E-state index in [1.165, 1.54) is 76.5 Å². The lowest BCUT2D eigenvalue weighted by atomic mass is 9.84. The van der Waals surface area contributed by atoms with Gasteiger partial charge in [-0.25, -0.2) is 9.97 Å². The van der Waals surface area contributed by atoms with Crippen molar-refractivity contribution >= 4 is 65.2 Å². The molecule has 4 heteroatoms. The van der Waals surface area contributed by atoms with Crippen molar-refractivity contribution in [2.24, 2.45) is 0 Å². The van der Waals surface area contributed by atoms with Gasteiger partial charge >= 0.3 is 0 Å². The number of rotatable bonds is 9. The van der Waals surface area contributed by atoms with Crippen molar-refractivity contribution in [3.63, 3.8) is 0 Å². The van der Waals surface area contributed by atoms with Gasteiger partial charge in [0.2, 0.25) is 0 Å². The van der Waals surface area contributed by atoms with Crippen molar-refractivity contribution in [2.75, 3.05) is 0 Å². The maximum absolute atomic E-state index is 5.45. The summed E-state index contributed by atoms with van der Waals surface area (Å²) < 4.78 is 4.69. The Morgan fingerprint density at radius 1 is 0.284 bits per heavy atom. The Morgan fingerprint density at radius 3 is 1.11 bits per heavy atom. The van der Waals surface area contributed by atoms with Crippen LogP contribution < -0.4 is 0 Å². The fourth-order valence-electron chi connectivity index (χ4n) is 11.9. The first-order valence-electron chi connectivity index (χ1n) is 25.8. The van der Waals surface area contributed by atoms with E-state index in [2.05, 4.69) is 266 Å². The van der Waals surface area contributed by atoms with Crippen LogP contribution in [0.5, 0.6) is 0 Å². The van der Waals surface area contributed by atoms with Crippen molar-refractivity contribution in [3.05, 3.63) is 243 Å². The van der Waals surface area contributed by atoms with E-state index < -0.39 is 0 Å². The Balaban J connectivity index is 1.01. The van der Waals surface area contributed by atoms with E-state index in [1.807, 2.05) is 0 Å². The minimum Gasteiger partial charge on any atom is -0.324 e. The molecule has 2 aromatic heterocycles. The summed E-state index contributed by atoms with van der Waals surface area (Å²) in [6.07, 6.45) is 0. The zero-order valence-electron chi connectivity index (χ0n) is 41.3. The highest BCUT2D eigenvalue weighted by Gasteiger charge is 2.22. The average molecular weight is 947 g/mol. The summed E-state index contributed by atoms with van der Waals surface area (Å²) in [7, 11) is 0. The van der Waals surface area contributed by atoms with Gasteiger partial charge in [0.25, 0.3) is 0 Å². The van der Waals surface area contributed by atoms with Gasteiger partial charge in [-0.3, -0.25) is 0 Å². The molecule has 0 aliphatic rings. The van der Waals surface area contributed by atoms with Gasteiger partial charge in [0, 0.05) is 35.3 Å². The van der Waals surface area contributed by atoms with Crippen LogP contribution in [-0.4, -0.2) is 19.1 Å². The molecule has 0 radical (unpaired) electrons. The molecule has 350 valence electrons. The number of para-hydroxylation sites is 2. The Bertz CT molecular complexity index is 4220. The first kappa shape index (κ1) is 43.4. The van der Waals surface area contributed by atoms with Gasteiger partial charge in [-0.15, -0.1) is 0 Å². The minimum atomic E-state index is 0.817. The predicted molar refractivity (Wildman–Crippen MR) is 312 cm³/mol. The quantitative estimate of drug-likeness (QED) is 0.135. The van der Waals surface area contributed by atoms with Gasteiger partial charge in [-0.05, 0) is 144 Å². The van der Waals surface area contributed by atoms with E-state index in [1.54, 1.807) is 0 Å². The third-order valence-corrected chi connectivity index (χ3v) is 15.3. The van der Waals surface area contributed by atoms with Gasteiger partial charge in [0.15, 0.2) is 0 Å². The summed E-state index contributed by atoms with van der Waals surface area (Å²) in [5, 5.41) is 9.63. The van der Waals surface area contributed by atoms with E-state index in [0.29, 0.717) is 0 Å². The molecular formula is C70H50N4. The molecule has 0 N–H and O–H groups in total. The zero-order chi connectivity index (χ0) is 49.3. The normalized spacial score (nSPS) is 11.8. The highest BCUT2D eigenvalue weighted by molar-refractivity contribution is 6.20. The molecule has 74 heavy (non-hydrogen) atoms. The second-order valence-corrected chi connectivity index (χ2v) is 19.3. The van der Waals surface area contributed by atoms with Crippen molar-refractivity contribution in [3.8, 4) is 78.4 Å². The Hall–Kier alpha value is -9.38. The number of imidazole rings is 2. The first-order chi connectivity index (χ1) is 36.6. The van der Waals surface area contributed by atoms with Crippen LogP contribution in [0, 0.1) is 0 Å². The molecule has 0 aliphatic carbocycles. The van der Waals surface area contributed by atoms with Crippen LogP contribution in [0.2, 0.25) is 0 Å². The highest BCUT2D eigenvalue weighted by atomic mass is 15.1. The molecule has 0 atom stereocenters. The third kappa shape index (κ3) is 6.98. The second-order valence-electron chi connectivity index (χ2n) is 19.3. The Labute approximate surface area is 430 Å². The van der Waals surface area contributed by atoms with Crippen molar-refractivity contribution in [2.45, 2.75) is 26.9 Å². The molecule has 0 unspecified atom stereocenters. The summed E-state index contributed by atoms with van der Waals surface area (Å²) in [6.45, 7) is 6.05. The Morgan fingerprint density at radius 2 is 0.662 bits per heavy atom. The number of nitrogens with zero attached hydrogens (tertiary/aromatic N) is 4. The number of fused-ring (bicyclic) bond motifs is 6. The minimum absolute atomic E-state index is 0.817. The standard InChI is InChI=1S/C70H50N4/c1-3-73-64-38-20-36-58(67(64)71-69(73)46-24-10-6-11-25-46)60-42-50(40-48-28-14-16-30-52(48)60)54-32-18-34-56-62(54)44-63-55(33-19-35-57(63)66(56)45-22-8-5-9-23-45)51-41-49-29-15-17-31-53(49)61(43-51)59-37-21-39-65-68(59)72-70(74(65)4-2)47-26-12-7-13-27-47/h5-44H,3-4H2,1-2H3. The smallest absolute Gasteiger partial charge is 0.141 e. The maximum atomic E-state index is 5.45. The number of benzene rings is 12. The lowest BCUT2D eigenvalue weighted by Crippen LogP contribution is -1.97. The summed E-state index contributed by atoms with van der Waals surface area (Å²) in [4.78, 5) is 10.9. The number of aryl methyl sites for hydroxylation is 2. The van der Waals surface area contributed by atoms with E-state index in [0.717, 1.165) is 80.2 Å². The molecule has 12 aromatic carbocycles. The molecule has 0 spiro atoms. The maximum Gasteiger partial charge on any atom is 0.141 e. The fraction of sp³-hybridized carbons (Fsp3) is 0.0571. The summed E-state index contributed by atoms with van der Waals surface area (Å²) >= 11 is 0. The average Bonchev–Trinajstić information content (AvgIpc) is 4.06. The van der Waals surface area contributed by atoms with Crippen molar-refractivity contribution in [1.29, 1.82) is 0 Å². The van der Waals surface area contributed by atoms with Crippen LogP contribution in [0.4, 0.5) is 0 Å². The number of aromatic nitrogens is 4. The van der Waals surface area contributed by atoms with E-state index in [-0.39, 0.29) is 0 Å². The molecule has 4 nitrogen and oxygen atoms in total. The van der Waals surface area contributed by atoms with Crippen LogP contribution in [0.15, 0.2) is 243 Å². The van der Waals surface area contributed by atoms with Crippen LogP contribution in [0.1, 0.15) is 13.8 Å². The topological polar surface area (TPSA) is 35.6 Å². The molecule has 0 saturated heterocycles. The molecule has 0 bridgehead atoms. The van der Waals surface area contributed by atoms with Crippen LogP contribution in [0.3, 0.4) is 0 Å². The van der Waals surface area contributed by atoms with Crippen LogP contribution in [-0.2, 0) is 13.1 Å². The summed E-state index contributed by atoms with van der Waals surface area (Å²) in [6, 6.07) is 88.8. The van der Waals surface area contributed by atoms with E-state index in [9.17, 15) is 0 Å². The Kier molecular flexibility index (Phi) is 10.4. The lowest BCUT2D eigenvalue weighted by molar-refractivity contribution is 0.796. The van der Waals surface area contributed by atoms with Crippen molar-refractivity contribution < 1.29 is 0 Å². The van der Waals surface area contributed by atoms with Crippen LogP contribution >= 0.6 is 0 Å². The molecule has 0 saturated carbocycles. The van der Waals surface area contributed by atoms with Gasteiger partial charge in [-0.2, -0.15) is 0 Å². The molecule has 0 fully saturated rings. The third-order valence-electron chi connectivity index (χ3n) is 15.3. The zero-order valence-corrected chi connectivity index (χ0v) is 41.3. The number of hydrogen-bond acceptors (Lipinski definition) is 2. The van der Waals surface area contributed by atoms with Gasteiger partial charge in [0.1, 0.15) is 11.6 Å². The van der Waals surface area contributed by atoms with Gasteiger partial charge < -0.3 is 9.13 Å².